The number of nitrogens with zero attached hydrogens (tertiary/aromatic N) is 6. The van der Waals surface area contributed by atoms with Crippen molar-refractivity contribution in [1.29, 1.82) is 0 Å². The van der Waals surface area contributed by atoms with E-state index in [4.69, 9.17) is 17.3 Å². The minimum absolute atomic E-state index is 0.0197. The topological polar surface area (TPSA) is 107 Å². The number of hydrogen-bond acceptors (Lipinski definition) is 7. The number of alkyl halides is 3. The average Bonchev–Trinajstić information content (AvgIpc) is 3.13. The van der Waals surface area contributed by atoms with Crippen molar-refractivity contribution in [3.05, 3.63) is 65.1 Å². The van der Waals surface area contributed by atoms with Crippen molar-refractivity contribution in [1.82, 2.24) is 29.7 Å². The average molecular weight is 465 g/mol. The molecule has 0 spiro atoms. The molecule has 0 amide bonds. The molecule has 0 bridgehead atoms. The zero-order valence-corrected chi connectivity index (χ0v) is 16.9. The molecule has 4 rings (SSSR count). The van der Waals surface area contributed by atoms with Crippen LogP contribution in [0, 0.1) is 12.7 Å². The lowest BCUT2D eigenvalue weighted by Crippen LogP contribution is -2.11. The van der Waals surface area contributed by atoms with E-state index in [0.29, 0.717) is 16.8 Å². The van der Waals surface area contributed by atoms with Crippen LogP contribution in [0.5, 0.6) is 0 Å². The molecule has 0 radical (unpaired) electrons. The molecule has 3 aromatic heterocycles. The molecular weight excluding hydrogens is 452 g/mol. The molecule has 8 nitrogen and oxygen atoms in total. The standard InChI is InChI=1S/C19H13ClF4N8/c1-9-4-15(19(22,23)24)31-32(9)16-12(10-6-26-17(25)27-7-10)8-28-18(30-16)29-11-2-3-14(21)13(20)5-11/h2-8H,1H3,(H2,25,26,27)(H,28,29,30). The van der Waals surface area contributed by atoms with Crippen molar-refractivity contribution in [2.45, 2.75) is 13.1 Å². The fourth-order valence-corrected chi connectivity index (χ4v) is 2.99. The highest BCUT2D eigenvalue weighted by Gasteiger charge is 2.35. The Morgan fingerprint density at radius 2 is 1.78 bits per heavy atom. The third-order valence-corrected chi connectivity index (χ3v) is 4.60. The summed E-state index contributed by atoms with van der Waals surface area (Å²) in [6.45, 7) is 1.46. The molecule has 13 heteroatoms. The number of aryl methyl sites for hydroxylation is 1. The van der Waals surface area contributed by atoms with E-state index in [2.05, 4.69) is 30.4 Å². The van der Waals surface area contributed by atoms with Gasteiger partial charge >= 0.3 is 6.18 Å². The summed E-state index contributed by atoms with van der Waals surface area (Å²) in [7, 11) is 0. The number of hydrogen-bond donors (Lipinski definition) is 2. The van der Waals surface area contributed by atoms with E-state index < -0.39 is 17.7 Å². The molecule has 1 aromatic carbocycles. The van der Waals surface area contributed by atoms with Crippen LogP contribution in [0.2, 0.25) is 5.02 Å². The zero-order chi connectivity index (χ0) is 23.0. The first kappa shape index (κ1) is 21.4. The SMILES string of the molecule is Cc1cc(C(F)(F)F)nn1-c1nc(Nc2ccc(F)c(Cl)c2)ncc1-c1cnc(N)nc1. The zero-order valence-electron chi connectivity index (χ0n) is 16.2. The highest BCUT2D eigenvalue weighted by atomic mass is 35.5. The molecule has 32 heavy (non-hydrogen) atoms. The summed E-state index contributed by atoms with van der Waals surface area (Å²) in [4.78, 5) is 16.3. The second-order valence-corrected chi connectivity index (χ2v) is 7.00. The van der Waals surface area contributed by atoms with Gasteiger partial charge in [-0.3, -0.25) is 0 Å². The molecular formula is C19H13ClF4N8. The smallest absolute Gasteiger partial charge is 0.368 e. The van der Waals surface area contributed by atoms with Gasteiger partial charge in [-0.05, 0) is 31.2 Å². The summed E-state index contributed by atoms with van der Waals surface area (Å²) in [5.41, 5.74) is 5.73. The van der Waals surface area contributed by atoms with E-state index in [-0.39, 0.29) is 28.4 Å². The molecule has 0 aliphatic heterocycles. The van der Waals surface area contributed by atoms with Gasteiger partial charge in [0, 0.05) is 41.1 Å². The summed E-state index contributed by atoms with van der Waals surface area (Å²) in [6, 6.07) is 4.78. The summed E-state index contributed by atoms with van der Waals surface area (Å²) in [6.07, 6.45) is -0.486. The maximum atomic E-state index is 13.4. The molecule has 3 heterocycles. The number of nitrogens with two attached hydrogens (primary N) is 1. The molecule has 0 fully saturated rings. The minimum atomic E-state index is -4.64. The predicted octanol–water partition coefficient (Wildman–Crippen LogP) is 4.56. The van der Waals surface area contributed by atoms with Crippen LogP contribution in [-0.2, 0) is 6.18 Å². The van der Waals surface area contributed by atoms with Crippen molar-refractivity contribution in [3.63, 3.8) is 0 Å². The van der Waals surface area contributed by atoms with E-state index in [1.165, 1.54) is 37.6 Å². The number of halogens is 5. The van der Waals surface area contributed by atoms with Crippen molar-refractivity contribution in [3.8, 4) is 16.9 Å². The molecule has 3 N–H and O–H groups in total. The van der Waals surface area contributed by atoms with Gasteiger partial charge < -0.3 is 11.1 Å². The first-order chi connectivity index (χ1) is 15.1. The molecule has 0 atom stereocenters. The van der Waals surface area contributed by atoms with Gasteiger partial charge in [-0.1, -0.05) is 11.6 Å². The van der Waals surface area contributed by atoms with Gasteiger partial charge in [-0.2, -0.15) is 23.3 Å². The Bertz CT molecular complexity index is 1290. The summed E-state index contributed by atoms with van der Waals surface area (Å²) in [5.74, 6) is -0.523. The van der Waals surface area contributed by atoms with Crippen LogP contribution in [0.3, 0.4) is 0 Å². The van der Waals surface area contributed by atoms with Crippen LogP contribution in [0.25, 0.3) is 16.9 Å². The summed E-state index contributed by atoms with van der Waals surface area (Å²) >= 11 is 5.79. The van der Waals surface area contributed by atoms with Crippen LogP contribution in [-0.4, -0.2) is 29.7 Å². The number of aromatic nitrogens is 6. The minimum Gasteiger partial charge on any atom is -0.368 e. The quantitative estimate of drug-likeness (QED) is 0.426. The van der Waals surface area contributed by atoms with Crippen molar-refractivity contribution in [2.24, 2.45) is 0 Å². The Labute approximate surface area is 183 Å². The molecule has 0 saturated carbocycles. The van der Waals surface area contributed by atoms with Crippen LogP contribution in [0.1, 0.15) is 11.4 Å². The van der Waals surface area contributed by atoms with E-state index in [9.17, 15) is 17.6 Å². The lowest BCUT2D eigenvalue weighted by Gasteiger charge is -2.13. The Kier molecular flexibility index (Phi) is 5.38. The molecule has 0 saturated heterocycles. The fraction of sp³-hybridized carbons (Fsp3) is 0.105. The molecule has 0 aliphatic rings. The lowest BCUT2D eigenvalue weighted by molar-refractivity contribution is -0.141. The van der Waals surface area contributed by atoms with E-state index in [1.54, 1.807) is 0 Å². The number of benzene rings is 1. The van der Waals surface area contributed by atoms with Gasteiger partial charge in [-0.25, -0.2) is 24.0 Å². The fourth-order valence-electron chi connectivity index (χ4n) is 2.81. The van der Waals surface area contributed by atoms with Gasteiger partial charge in [0.1, 0.15) is 5.82 Å². The third-order valence-electron chi connectivity index (χ3n) is 4.31. The molecule has 0 aliphatic carbocycles. The van der Waals surface area contributed by atoms with Crippen LogP contribution in [0.4, 0.5) is 35.1 Å². The third kappa shape index (κ3) is 4.30. The van der Waals surface area contributed by atoms with E-state index in [1.807, 2.05) is 0 Å². The second-order valence-electron chi connectivity index (χ2n) is 6.60. The van der Waals surface area contributed by atoms with Crippen molar-refractivity contribution < 1.29 is 17.6 Å². The van der Waals surface area contributed by atoms with Crippen LogP contribution >= 0.6 is 11.6 Å². The Morgan fingerprint density at radius 3 is 2.41 bits per heavy atom. The normalized spacial score (nSPS) is 11.6. The summed E-state index contributed by atoms with van der Waals surface area (Å²) in [5, 5.41) is 6.38. The van der Waals surface area contributed by atoms with Gasteiger partial charge in [0.05, 0.1) is 5.02 Å². The van der Waals surface area contributed by atoms with Gasteiger partial charge in [-0.15, -0.1) is 0 Å². The maximum Gasteiger partial charge on any atom is 0.435 e. The van der Waals surface area contributed by atoms with E-state index >= 15 is 0 Å². The first-order valence-electron chi connectivity index (χ1n) is 8.93. The van der Waals surface area contributed by atoms with Crippen molar-refractivity contribution in [2.75, 3.05) is 11.1 Å². The molecule has 4 aromatic rings. The number of nitrogen functional groups attached to an aromatic ring is 1. The monoisotopic (exact) mass is 464 g/mol. The number of anilines is 3. The second kappa shape index (κ2) is 8.04. The Balaban J connectivity index is 1.84. The van der Waals surface area contributed by atoms with Crippen LogP contribution < -0.4 is 11.1 Å². The molecule has 164 valence electrons. The molecule has 0 unspecified atom stereocenters. The summed E-state index contributed by atoms with van der Waals surface area (Å²) < 4.78 is 54.1. The maximum absolute atomic E-state index is 13.4. The van der Waals surface area contributed by atoms with Crippen molar-refractivity contribution >= 4 is 29.2 Å². The van der Waals surface area contributed by atoms with Gasteiger partial charge in [0.25, 0.3) is 0 Å². The highest BCUT2D eigenvalue weighted by Crippen LogP contribution is 2.32. The van der Waals surface area contributed by atoms with E-state index in [0.717, 1.165) is 16.8 Å². The highest BCUT2D eigenvalue weighted by molar-refractivity contribution is 6.31. The first-order valence-corrected chi connectivity index (χ1v) is 9.31. The lowest BCUT2D eigenvalue weighted by atomic mass is 10.1. The van der Waals surface area contributed by atoms with Gasteiger partial charge in [0.2, 0.25) is 11.9 Å². The Hall–Kier alpha value is -3.80. The largest absolute Gasteiger partial charge is 0.435 e. The number of rotatable bonds is 4. The van der Waals surface area contributed by atoms with Gasteiger partial charge in [0.15, 0.2) is 11.5 Å². The van der Waals surface area contributed by atoms with Crippen LogP contribution in [0.15, 0.2) is 42.9 Å². The number of nitrogens with one attached hydrogen (secondary N) is 1. The Morgan fingerprint density at radius 1 is 1.06 bits per heavy atom. The predicted molar refractivity (Wildman–Crippen MR) is 109 cm³/mol.